The summed E-state index contributed by atoms with van der Waals surface area (Å²) in [5.74, 6) is -0.204. The van der Waals surface area contributed by atoms with Crippen molar-refractivity contribution in [1.29, 1.82) is 0 Å². The van der Waals surface area contributed by atoms with Crippen LogP contribution in [0.25, 0.3) is 0 Å². The van der Waals surface area contributed by atoms with E-state index in [9.17, 15) is 4.39 Å². The molecule has 1 unspecified atom stereocenters. The van der Waals surface area contributed by atoms with Crippen LogP contribution in [0.2, 0.25) is 5.02 Å². The Morgan fingerprint density at radius 1 is 1.26 bits per heavy atom. The molecule has 0 aliphatic heterocycles. The third-order valence-corrected chi connectivity index (χ3v) is 3.45. The number of nitrogen functional groups attached to an aromatic ring is 1. The normalized spacial score (nSPS) is 12.2. The van der Waals surface area contributed by atoms with Crippen LogP contribution in [-0.2, 0) is 0 Å². The molecular formula is C15H16ClFN2. The molecule has 3 N–H and O–H groups in total. The van der Waals surface area contributed by atoms with Crippen molar-refractivity contribution in [3.05, 3.63) is 58.4 Å². The molecule has 1 atom stereocenters. The van der Waals surface area contributed by atoms with Gasteiger partial charge in [-0.25, -0.2) is 4.39 Å². The maximum absolute atomic E-state index is 13.5. The summed E-state index contributed by atoms with van der Waals surface area (Å²) in [5, 5.41) is 3.74. The van der Waals surface area contributed by atoms with E-state index in [1.807, 2.05) is 25.1 Å². The van der Waals surface area contributed by atoms with Crippen LogP contribution in [0.5, 0.6) is 0 Å². The highest BCUT2D eigenvalue weighted by atomic mass is 35.5. The molecule has 19 heavy (non-hydrogen) atoms. The smallest absolute Gasteiger partial charge is 0.126 e. The third-order valence-electron chi connectivity index (χ3n) is 3.12. The molecule has 2 rings (SSSR count). The first kappa shape index (κ1) is 13.7. The quantitative estimate of drug-likeness (QED) is 0.809. The van der Waals surface area contributed by atoms with Gasteiger partial charge in [0.25, 0.3) is 0 Å². The highest BCUT2D eigenvalue weighted by Gasteiger charge is 2.10. The van der Waals surface area contributed by atoms with Crippen LogP contribution < -0.4 is 11.1 Å². The van der Waals surface area contributed by atoms with Gasteiger partial charge in [0.05, 0.1) is 16.4 Å². The number of para-hydroxylation sites is 1. The predicted octanol–water partition coefficient (Wildman–Crippen LogP) is 4.54. The first-order valence-corrected chi connectivity index (χ1v) is 6.43. The van der Waals surface area contributed by atoms with Gasteiger partial charge in [-0.15, -0.1) is 0 Å². The summed E-state index contributed by atoms with van der Waals surface area (Å²) in [7, 11) is 0. The Labute approximate surface area is 117 Å². The minimum Gasteiger partial charge on any atom is -0.396 e. The Morgan fingerprint density at radius 2 is 2.00 bits per heavy atom. The molecule has 2 nitrogen and oxygen atoms in total. The van der Waals surface area contributed by atoms with Crippen molar-refractivity contribution in [3.63, 3.8) is 0 Å². The maximum Gasteiger partial charge on any atom is 0.126 e. The number of halogens is 2. The monoisotopic (exact) mass is 278 g/mol. The zero-order chi connectivity index (χ0) is 14.0. The fraction of sp³-hybridized carbons (Fsp3) is 0.200. The highest BCUT2D eigenvalue weighted by molar-refractivity contribution is 6.33. The second kappa shape index (κ2) is 5.49. The van der Waals surface area contributed by atoms with Crippen LogP contribution >= 0.6 is 11.6 Å². The van der Waals surface area contributed by atoms with E-state index in [1.165, 1.54) is 6.07 Å². The molecule has 2 aromatic rings. The Hall–Kier alpha value is -1.74. The van der Waals surface area contributed by atoms with Crippen LogP contribution in [-0.4, -0.2) is 0 Å². The number of nitrogens with one attached hydrogen (secondary N) is 1. The van der Waals surface area contributed by atoms with E-state index >= 15 is 0 Å². The molecule has 0 aliphatic carbocycles. The summed E-state index contributed by atoms with van der Waals surface area (Å²) in [5.41, 5.74) is 8.65. The van der Waals surface area contributed by atoms with Gasteiger partial charge in [-0.3, -0.25) is 0 Å². The van der Waals surface area contributed by atoms with Gasteiger partial charge in [-0.05, 0) is 43.2 Å². The molecule has 0 aliphatic rings. The molecule has 2 aromatic carbocycles. The van der Waals surface area contributed by atoms with Gasteiger partial charge in [-0.2, -0.15) is 0 Å². The van der Waals surface area contributed by atoms with Gasteiger partial charge in [0.1, 0.15) is 5.82 Å². The van der Waals surface area contributed by atoms with Crippen LogP contribution in [0.15, 0.2) is 36.4 Å². The lowest BCUT2D eigenvalue weighted by Crippen LogP contribution is -2.09. The van der Waals surface area contributed by atoms with Gasteiger partial charge >= 0.3 is 0 Å². The van der Waals surface area contributed by atoms with Crippen LogP contribution in [0, 0.1) is 12.7 Å². The Balaban J connectivity index is 2.23. The van der Waals surface area contributed by atoms with E-state index in [4.69, 9.17) is 17.3 Å². The van der Waals surface area contributed by atoms with E-state index in [1.54, 1.807) is 19.1 Å². The molecule has 0 heterocycles. The lowest BCUT2D eigenvalue weighted by atomic mass is 10.1. The van der Waals surface area contributed by atoms with Crippen molar-refractivity contribution < 1.29 is 4.39 Å². The van der Waals surface area contributed by atoms with Gasteiger partial charge in [0, 0.05) is 6.04 Å². The first-order valence-electron chi connectivity index (χ1n) is 6.05. The molecule has 100 valence electrons. The van der Waals surface area contributed by atoms with E-state index < -0.39 is 0 Å². The number of rotatable bonds is 3. The summed E-state index contributed by atoms with van der Waals surface area (Å²) in [6, 6.07) is 10.6. The predicted molar refractivity (Wildman–Crippen MR) is 79.0 cm³/mol. The van der Waals surface area contributed by atoms with Gasteiger partial charge in [0.2, 0.25) is 0 Å². The van der Waals surface area contributed by atoms with Crippen molar-refractivity contribution >= 4 is 23.0 Å². The lowest BCUT2D eigenvalue weighted by Gasteiger charge is -2.18. The second-order valence-electron chi connectivity index (χ2n) is 4.58. The lowest BCUT2D eigenvalue weighted by molar-refractivity contribution is 0.614. The minimum absolute atomic E-state index is 0.0594. The second-order valence-corrected chi connectivity index (χ2v) is 4.98. The number of anilines is 2. The molecule has 4 heteroatoms. The average Bonchev–Trinajstić information content (AvgIpc) is 2.38. The molecular weight excluding hydrogens is 263 g/mol. The average molecular weight is 279 g/mol. The summed E-state index contributed by atoms with van der Waals surface area (Å²) in [6.45, 7) is 3.69. The highest BCUT2D eigenvalue weighted by Crippen LogP contribution is 2.30. The van der Waals surface area contributed by atoms with Crippen molar-refractivity contribution in [1.82, 2.24) is 0 Å². The van der Waals surface area contributed by atoms with Gasteiger partial charge in [0.15, 0.2) is 0 Å². The van der Waals surface area contributed by atoms with Crippen molar-refractivity contribution in [2.24, 2.45) is 0 Å². The van der Waals surface area contributed by atoms with E-state index in [2.05, 4.69) is 5.32 Å². The molecule has 0 spiro atoms. The van der Waals surface area contributed by atoms with E-state index in [0.29, 0.717) is 16.3 Å². The zero-order valence-corrected chi connectivity index (χ0v) is 11.6. The number of hydrogen-bond acceptors (Lipinski definition) is 2. The topological polar surface area (TPSA) is 38.0 Å². The molecule has 0 fully saturated rings. The van der Waals surface area contributed by atoms with Crippen LogP contribution in [0.3, 0.4) is 0 Å². The maximum atomic E-state index is 13.5. The van der Waals surface area contributed by atoms with Gasteiger partial charge < -0.3 is 11.1 Å². The largest absolute Gasteiger partial charge is 0.396 e. The van der Waals surface area contributed by atoms with Crippen molar-refractivity contribution in [2.45, 2.75) is 19.9 Å². The zero-order valence-electron chi connectivity index (χ0n) is 10.9. The standard InChI is InChI=1S/C15H16ClFN2/c1-9-6-7-11(8-13(9)17)10(2)19-14-5-3-4-12(16)15(14)18/h3-8,10,19H,18H2,1-2H3. The number of nitrogens with two attached hydrogens (primary N) is 1. The van der Waals surface area contributed by atoms with Crippen molar-refractivity contribution in [3.8, 4) is 0 Å². The summed E-state index contributed by atoms with van der Waals surface area (Å²) in [6.07, 6.45) is 0. The summed E-state index contributed by atoms with van der Waals surface area (Å²) in [4.78, 5) is 0. The minimum atomic E-state index is -0.204. The molecule has 0 amide bonds. The summed E-state index contributed by atoms with van der Waals surface area (Å²) < 4.78 is 13.5. The Morgan fingerprint density at radius 3 is 2.68 bits per heavy atom. The molecule has 0 radical (unpaired) electrons. The number of hydrogen-bond donors (Lipinski definition) is 2. The van der Waals surface area contributed by atoms with Crippen LogP contribution in [0.1, 0.15) is 24.1 Å². The summed E-state index contributed by atoms with van der Waals surface area (Å²) >= 11 is 5.96. The SMILES string of the molecule is Cc1ccc(C(C)Nc2cccc(Cl)c2N)cc1F. The number of benzene rings is 2. The number of aryl methyl sites for hydroxylation is 1. The van der Waals surface area contributed by atoms with Gasteiger partial charge in [-0.1, -0.05) is 29.8 Å². The third kappa shape index (κ3) is 2.99. The fourth-order valence-corrected chi connectivity index (χ4v) is 2.03. The molecule has 0 saturated heterocycles. The van der Waals surface area contributed by atoms with E-state index in [0.717, 1.165) is 11.3 Å². The molecule has 0 bridgehead atoms. The molecule has 0 saturated carbocycles. The fourth-order valence-electron chi connectivity index (χ4n) is 1.86. The van der Waals surface area contributed by atoms with E-state index in [-0.39, 0.29) is 11.9 Å². The molecule has 0 aromatic heterocycles. The Bertz CT molecular complexity index is 599. The Kier molecular flexibility index (Phi) is 3.96. The van der Waals surface area contributed by atoms with Crippen LogP contribution in [0.4, 0.5) is 15.8 Å². The first-order chi connectivity index (χ1) is 8.99. The van der Waals surface area contributed by atoms with Crippen molar-refractivity contribution in [2.75, 3.05) is 11.1 Å².